The summed E-state index contributed by atoms with van der Waals surface area (Å²) in [5.74, 6) is -1.95. The van der Waals surface area contributed by atoms with Gasteiger partial charge in [0.25, 0.3) is 11.8 Å². The first-order chi connectivity index (χ1) is 15.0. The van der Waals surface area contributed by atoms with E-state index in [-0.39, 0.29) is 21.3 Å². The molecular formula is C20H18Cl2F3N5O2. The maximum atomic E-state index is 13.8. The number of anilines is 2. The highest BCUT2D eigenvalue weighted by Crippen LogP contribution is 2.39. The standard InChI is InChI=1S/C20H18Cl2F3N5O2/c21-12-3-1-4-13(22)16(12)18(32)28-14-7-6-10(9-11(14)20(23,24)25)30-8-2-5-15(30)17(31)29-19(26)27/h1,3-4,6-7,9,15H,2,5,8H2,(H,28,32)(H4,26,27,29,31). The Morgan fingerprint density at radius 1 is 1.12 bits per heavy atom. The Balaban J connectivity index is 1.96. The van der Waals surface area contributed by atoms with Crippen LogP contribution in [0.15, 0.2) is 41.4 Å². The maximum absolute atomic E-state index is 13.8. The van der Waals surface area contributed by atoms with Crippen LogP contribution in [0, 0.1) is 0 Å². The van der Waals surface area contributed by atoms with Gasteiger partial charge in [0.1, 0.15) is 6.04 Å². The molecular weight excluding hydrogens is 470 g/mol. The molecule has 1 saturated heterocycles. The van der Waals surface area contributed by atoms with Crippen molar-refractivity contribution in [3.63, 3.8) is 0 Å². The molecule has 3 rings (SSSR count). The van der Waals surface area contributed by atoms with Crippen LogP contribution in [-0.4, -0.2) is 30.4 Å². The van der Waals surface area contributed by atoms with E-state index < -0.39 is 41.2 Å². The molecule has 7 nitrogen and oxygen atoms in total. The fourth-order valence-electron chi connectivity index (χ4n) is 3.49. The summed E-state index contributed by atoms with van der Waals surface area (Å²) in [6.07, 6.45) is -3.83. The van der Waals surface area contributed by atoms with E-state index in [2.05, 4.69) is 10.3 Å². The van der Waals surface area contributed by atoms with E-state index in [0.29, 0.717) is 19.4 Å². The van der Waals surface area contributed by atoms with Crippen LogP contribution < -0.4 is 21.7 Å². The number of nitrogens with two attached hydrogens (primary N) is 2. The molecule has 1 aliphatic heterocycles. The third kappa shape index (κ3) is 5.08. The molecule has 2 amide bonds. The largest absolute Gasteiger partial charge is 0.418 e. The Bertz CT molecular complexity index is 1070. The van der Waals surface area contributed by atoms with Gasteiger partial charge in [-0.05, 0) is 43.2 Å². The highest BCUT2D eigenvalue weighted by atomic mass is 35.5. The van der Waals surface area contributed by atoms with E-state index in [1.807, 2.05) is 0 Å². The predicted molar refractivity (Wildman–Crippen MR) is 117 cm³/mol. The van der Waals surface area contributed by atoms with Crippen LogP contribution >= 0.6 is 23.2 Å². The average molecular weight is 488 g/mol. The molecule has 0 aliphatic carbocycles. The SMILES string of the molecule is NC(N)=NC(=O)C1CCCN1c1ccc(NC(=O)c2c(Cl)cccc2Cl)c(C(F)(F)F)c1. The van der Waals surface area contributed by atoms with Crippen LogP contribution in [0.2, 0.25) is 10.0 Å². The highest BCUT2D eigenvalue weighted by molar-refractivity contribution is 6.40. The number of carbonyl (C=O) groups excluding carboxylic acids is 2. The summed E-state index contributed by atoms with van der Waals surface area (Å²) in [6, 6.07) is 6.87. The fourth-order valence-corrected chi connectivity index (χ4v) is 4.06. The quantitative estimate of drug-likeness (QED) is 0.444. The molecule has 1 heterocycles. The first-order valence-electron chi connectivity index (χ1n) is 9.35. The molecule has 0 spiro atoms. The summed E-state index contributed by atoms with van der Waals surface area (Å²) in [5, 5.41) is 2.22. The topological polar surface area (TPSA) is 114 Å². The van der Waals surface area contributed by atoms with Crippen molar-refractivity contribution in [2.45, 2.75) is 25.1 Å². The molecule has 0 saturated carbocycles. The highest BCUT2D eigenvalue weighted by Gasteiger charge is 2.37. The van der Waals surface area contributed by atoms with Gasteiger partial charge >= 0.3 is 6.18 Å². The first-order valence-corrected chi connectivity index (χ1v) is 10.1. The molecule has 1 atom stereocenters. The van der Waals surface area contributed by atoms with Gasteiger partial charge in [0.2, 0.25) is 0 Å². The van der Waals surface area contributed by atoms with E-state index in [4.69, 9.17) is 34.7 Å². The van der Waals surface area contributed by atoms with Gasteiger partial charge < -0.3 is 21.7 Å². The second-order valence-electron chi connectivity index (χ2n) is 7.00. The van der Waals surface area contributed by atoms with Crippen molar-refractivity contribution in [3.05, 3.63) is 57.6 Å². The number of halogens is 5. The second-order valence-corrected chi connectivity index (χ2v) is 7.82. The zero-order valence-corrected chi connectivity index (χ0v) is 17.9. The Morgan fingerprint density at radius 2 is 1.78 bits per heavy atom. The minimum Gasteiger partial charge on any atom is -0.370 e. The van der Waals surface area contributed by atoms with Crippen molar-refractivity contribution in [2.75, 3.05) is 16.8 Å². The van der Waals surface area contributed by atoms with E-state index in [1.165, 1.54) is 29.2 Å². The van der Waals surface area contributed by atoms with Crippen LogP contribution in [0.25, 0.3) is 0 Å². The molecule has 1 unspecified atom stereocenters. The molecule has 32 heavy (non-hydrogen) atoms. The van der Waals surface area contributed by atoms with Gasteiger partial charge in [-0.1, -0.05) is 29.3 Å². The Labute approximate surface area is 191 Å². The number of hydrogen-bond acceptors (Lipinski definition) is 3. The van der Waals surface area contributed by atoms with Crippen molar-refractivity contribution >= 4 is 52.4 Å². The van der Waals surface area contributed by atoms with Crippen molar-refractivity contribution in [1.29, 1.82) is 0 Å². The molecule has 1 aliphatic rings. The van der Waals surface area contributed by atoms with Gasteiger partial charge in [0.15, 0.2) is 5.96 Å². The summed E-state index contributed by atoms with van der Waals surface area (Å²) in [4.78, 5) is 29.8. The zero-order valence-electron chi connectivity index (χ0n) is 16.4. The number of nitrogens with one attached hydrogen (secondary N) is 1. The van der Waals surface area contributed by atoms with Crippen LogP contribution in [0.5, 0.6) is 0 Å². The molecule has 0 aromatic heterocycles. The third-order valence-electron chi connectivity index (χ3n) is 4.86. The van der Waals surface area contributed by atoms with E-state index >= 15 is 0 Å². The van der Waals surface area contributed by atoms with Crippen molar-refractivity contribution in [3.8, 4) is 0 Å². The lowest BCUT2D eigenvalue weighted by atomic mass is 10.1. The van der Waals surface area contributed by atoms with E-state index in [9.17, 15) is 22.8 Å². The number of nitrogens with zero attached hydrogens (tertiary/aromatic N) is 2. The molecule has 170 valence electrons. The Kier molecular flexibility index (Phi) is 6.85. The molecule has 2 aromatic rings. The van der Waals surface area contributed by atoms with Gasteiger partial charge in [0, 0.05) is 12.2 Å². The second kappa shape index (κ2) is 9.25. The first kappa shape index (κ1) is 23.7. The summed E-state index contributed by atoms with van der Waals surface area (Å²) < 4.78 is 41.4. The van der Waals surface area contributed by atoms with Crippen molar-refractivity contribution < 1.29 is 22.8 Å². The predicted octanol–water partition coefficient (Wildman–Crippen LogP) is 4.03. The van der Waals surface area contributed by atoms with Gasteiger partial charge in [0.05, 0.1) is 26.9 Å². The van der Waals surface area contributed by atoms with Gasteiger partial charge in [-0.15, -0.1) is 0 Å². The van der Waals surface area contributed by atoms with E-state index in [1.54, 1.807) is 0 Å². The maximum Gasteiger partial charge on any atom is 0.418 e. The monoisotopic (exact) mass is 487 g/mol. The number of hydrogen-bond donors (Lipinski definition) is 3. The number of aliphatic imine (C=N–C) groups is 1. The number of amides is 2. The normalized spacial score (nSPS) is 16.0. The summed E-state index contributed by atoms with van der Waals surface area (Å²) in [7, 11) is 0. The average Bonchev–Trinajstić information content (AvgIpc) is 3.17. The Hall–Kier alpha value is -2.98. The smallest absolute Gasteiger partial charge is 0.370 e. The van der Waals surface area contributed by atoms with Crippen LogP contribution in [0.3, 0.4) is 0 Å². The van der Waals surface area contributed by atoms with Crippen LogP contribution in [0.4, 0.5) is 24.5 Å². The van der Waals surface area contributed by atoms with Crippen molar-refractivity contribution in [1.82, 2.24) is 0 Å². The van der Waals surface area contributed by atoms with Crippen LogP contribution in [0.1, 0.15) is 28.8 Å². The Morgan fingerprint density at radius 3 is 2.38 bits per heavy atom. The number of carbonyl (C=O) groups is 2. The molecule has 0 bridgehead atoms. The molecule has 0 radical (unpaired) electrons. The molecule has 1 fully saturated rings. The molecule has 2 aromatic carbocycles. The molecule has 12 heteroatoms. The van der Waals surface area contributed by atoms with Gasteiger partial charge in [-0.2, -0.15) is 18.2 Å². The lowest BCUT2D eigenvalue weighted by Crippen LogP contribution is -2.37. The molecule has 5 N–H and O–H groups in total. The van der Waals surface area contributed by atoms with Crippen molar-refractivity contribution in [2.24, 2.45) is 16.5 Å². The lowest BCUT2D eigenvalue weighted by Gasteiger charge is -2.26. The number of guanidine groups is 1. The van der Waals surface area contributed by atoms with E-state index in [0.717, 1.165) is 12.1 Å². The minimum atomic E-state index is -4.79. The summed E-state index contributed by atoms with van der Waals surface area (Å²) in [6.45, 7) is 0.342. The lowest BCUT2D eigenvalue weighted by molar-refractivity contribution is -0.136. The minimum absolute atomic E-state index is 0.00155. The number of alkyl halides is 3. The summed E-state index contributed by atoms with van der Waals surface area (Å²) >= 11 is 12.0. The number of benzene rings is 2. The van der Waals surface area contributed by atoms with Gasteiger partial charge in [-0.3, -0.25) is 9.59 Å². The zero-order chi connectivity index (χ0) is 23.6. The third-order valence-corrected chi connectivity index (χ3v) is 5.49. The van der Waals surface area contributed by atoms with Crippen LogP contribution in [-0.2, 0) is 11.0 Å². The van der Waals surface area contributed by atoms with Gasteiger partial charge in [-0.25, -0.2) is 0 Å². The fraction of sp³-hybridized carbons (Fsp3) is 0.250. The number of rotatable bonds is 4. The summed E-state index contributed by atoms with van der Waals surface area (Å²) in [5.41, 5.74) is 8.92.